The van der Waals surface area contributed by atoms with Crippen molar-refractivity contribution in [2.24, 2.45) is 11.0 Å². The van der Waals surface area contributed by atoms with Crippen LogP contribution < -0.4 is 22.3 Å². The number of thiazole rings is 1. The van der Waals surface area contributed by atoms with E-state index in [4.69, 9.17) is 16.4 Å². The number of oxime groups is 1. The second kappa shape index (κ2) is 13.2. The fourth-order valence-corrected chi connectivity index (χ4v) is 7.52. The summed E-state index contributed by atoms with van der Waals surface area (Å²) in [5.41, 5.74) is 5.84. The third-order valence-corrected chi connectivity index (χ3v) is 9.93. The van der Waals surface area contributed by atoms with Crippen molar-refractivity contribution in [3.05, 3.63) is 45.9 Å². The van der Waals surface area contributed by atoms with Gasteiger partial charge in [-0.1, -0.05) is 5.16 Å². The van der Waals surface area contributed by atoms with E-state index in [1.54, 1.807) is 0 Å². The summed E-state index contributed by atoms with van der Waals surface area (Å²) in [6.07, 6.45) is 1.12. The van der Waals surface area contributed by atoms with Crippen molar-refractivity contribution in [1.82, 2.24) is 35.2 Å². The largest absolute Gasteiger partial charge is 0.477 e. The average Bonchev–Trinajstić information content (AvgIpc) is 3.67. The normalized spacial score (nSPS) is 18.1. The Morgan fingerprint density at radius 3 is 2.60 bits per heavy atom. The molecule has 2 atom stereocenters. The molecule has 5 heterocycles. The van der Waals surface area contributed by atoms with Crippen LogP contribution in [0.1, 0.15) is 35.6 Å². The van der Waals surface area contributed by atoms with Gasteiger partial charge in [0.05, 0.1) is 18.5 Å². The molecule has 2 aliphatic rings. The number of β-lactam (4-membered cyclic amide) rings is 1. The second-order valence-electron chi connectivity index (χ2n) is 10.3. The third-order valence-electron chi connectivity index (χ3n) is 6.84. The van der Waals surface area contributed by atoms with E-state index in [1.165, 1.54) is 41.6 Å². The molecule has 1 fully saturated rings. The van der Waals surface area contributed by atoms with E-state index in [1.807, 2.05) is 5.43 Å². The highest BCUT2D eigenvalue weighted by atomic mass is 32.2. The van der Waals surface area contributed by atoms with Gasteiger partial charge in [0.1, 0.15) is 33.4 Å². The van der Waals surface area contributed by atoms with Crippen molar-refractivity contribution in [2.45, 2.75) is 42.5 Å². The number of nitrogens with one attached hydrogen (secondary N) is 2. The molecule has 1 unspecified atom stereocenters. The molecular formula is C25H26N10O9S3. The second-order valence-corrected chi connectivity index (χ2v) is 13.3. The van der Waals surface area contributed by atoms with Crippen LogP contribution in [0, 0.1) is 0 Å². The van der Waals surface area contributed by atoms with E-state index in [9.17, 15) is 39.3 Å². The van der Waals surface area contributed by atoms with Crippen LogP contribution in [0.3, 0.4) is 0 Å². The van der Waals surface area contributed by atoms with Crippen molar-refractivity contribution >= 4 is 81.0 Å². The van der Waals surface area contributed by atoms with E-state index in [2.05, 4.69) is 25.5 Å². The summed E-state index contributed by atoms with van der Waals surface area (Å²) in [5.74, 6) is 0.492. The number of aliphatic hydroxyl groups is 1. The Bertz CT molecular complexity index is 1870. The van der Waals surface area contributed by atoms with Crippen LogP contribution >= 0.6 is 34.9 Å². The number of hydrogen-bond donors (Lipinski definition) is 7. The highest BCUT2D eigenvalue weighted by Gasteiger charge is 2.54. The smallest absolute Gasteiger partial charge is 0.352 e. The number of aromatic nitrogens is 4. The summed E-state index contributed by atoms with van der Waals surface area (Å²) in [4.78, 5) is 77.2. The van der Waals surface area contributed by atoms with Crippen LogP contribution in [-0.2, 0) is 30.6 Å². The quantitative estimate of drug-likeness (QED) is 0.0226. The summed E-state index contributed by atoms with van der Waals surface area (Å²) in [5, 5.41) is 40.8. The Hall–Kier alpha value is -4.77. The van der Waals surface area contributed by atoms with Crippen LogP contribution in [-0.4, -0.2) is 104 Å². The number of carboxylic acids is 2. The minimum absolute atomic E-state index is 0.00781. The molecule has 9 N–H and O–H groups in total. The van der Waals surface area contributed by atoms with Crippen molar-refractivity contribution < 1.29 is 44.1 Å². The number of carbonyl (C=O) groups excluding carboxylic acids is 3. The Labute approximate surface area is 276 Å². The number of aromatic carboxylic acids is 1. The summed E-state index contributed by atoms with van der Waals surface area (Å²) in [7, 11) is 0. The molecule has 47 heavy (non-hydrogen) atoms. The first kappa shape index (κ1) is 33.6. The van der Waals surface area contributed by atoms with Gasteiger partial charge >= 0.3 is 11.9 Å². The number of aliphatic hydroxyl groups excluding tert-OH is 1. The standard InChI is InChI=1S/C25H26N10O9S3/c1-25(2,23(43)32-27)44-33-14(12-8-47-24(26)30-12)18(37)31-15-19(38)34-16(22(41)42)9(7-46-20(15)34)6-45-13-3-10(5-36)29-17-11(21(39)40)4-28-35(13)17/h3-4,8,15,20,36H,5-7,27H2,1-2H3,(H2,26,30)(H,31,37)(H,32,43)(H,39,40)(H,41,42)/t15?,20-/m0/s1. The maximum absolute atomic E-state index is 13.4. The zero-order valence-corrected chi connectivity index (χ0v) is 26.8. The van der Waals surface area contributed by atoms with Crippen molar-refractivity contribution in [1.29, 1.82) is 0 Å². The molecule has 22 heteroatoms. The number of rotatable bonds is 12. The predicted octanol–water partition coefficient (Wildman–Crippen LogP) is -1.02. The number of nitrogens with two attached hydrogens (primary N) is 2. The lowest BCUT2D eigenvalue weighted by atomic mass is 10.0. The number of hydrogen-bond acceptors (Lipinski definition) is 16. The van der Waals surface area contributed by atoms with Crippen LogP contribution in [0.4, 0.5) is 5.13 Å². The number of nitrogens with zero attached hydrogens (tertiary/aromatic N) is 6. The molecular weight excluding hydrogens is 681 g/mol. The number of aliphatic carboxylic acids is 1. The number of fused-ring (bicyclic) bond motifs is 2. The Morgan fingerprint density at radius 1 is 1.23 bits per heavy atom. The van der Waals surface area contributed by atoms with Gasteiger partial charge in [-0.05, 0) is 25.5 Å². The van der Waals surface area contributed by atoms with E-state index in [-0.39, 0.29) is 50.6 Å². The van der Waals surface area contributed by atoms with Gasteiger partial charge in [-0.25, -0.2) is 29.9 Å². The highest BCUT2D eigenvalue weighted by molar-refractivity contribution is 8.01. The molecule has 0 bridgehead atoms. The lowest BCUT2D eigenvalue weighted by Crippen LogP contribution is -2.71. The van der Waals surface area contributed by atoms with Crippen LogP contribution in [0.2, 0.25) is 0 Å². The fraction of sp³-hybridized carbons (Fsp3) is 0.320. The van der Waals surface area contributed by atoms with Crippen molar-refractivity contribution in [3.8, 4) is 0 Å². The molecule has 3 aromatic heterocycles. The molecule has 1 saturated heterocycles. The topological polar surface area (TPSA) is 290 Å². The van der Waals surface area contributed by atoms with Crippen LogP contribution in [0.25, 0.3) is 5.65 Å². The lowest BCUT2D eigenvalue weighted by molar-refractivity contribution is -0.150. The van der Waals surface area contributed by atoms with E-state index in [0.29, 0.717) is 10.6 Å². The summed E-state index contributed by atoms with van der Waals surface area (Å²) < 4.78 is 1.27. The maximum atomic E-state index is 13.4. The van der Waals surface area contributed by atoms with Gasteiger partial charge in [0.25, 0.3) is 17.7 Å². The Balaban J connectivity index is 1.36. The summed E-state index contributed by atoms with van der Waals surface area (Å²) in [6.45, 7) is 2.24. The van der Waals surface area contributed by atoms with Gasteiger partial charge in [-0.2, -0.15) is 5.10 Å². The minimum atomic E-state index is -1.59. The first-order chi connectivity index (χ1) is 22.3. The molecule has 0 aliphatic carbocycles. The molecule has 19 nitrogen and oxygen atoms in total. The van der Waals surface area contributed by atoms with E-state index < -0.39 is 53.3 Å². The van der Waals surface area contributed by atoms with Crippen molar-refractivity contribution in [2.75, 3.05) is 17.2 Å². The van der Waals surface area contributed by atoms with Gasteiger partial charge in [0.2, 0.25) is 5.60 Å². The fourth-order valence-electron chi connectivity index (χ4n) is 4.46. The number of carboxylic acid groups (broad SMARTS) is 2. The highest BCUT2D eigenvalue weighted by Crippen LogP contribution is 2.41. The zero-order valence-electron chi connectivity index (χ0n) is 24.4. The molecule has 5 rings (SSSR count). The molecule has 248 valence electrons. The summed E-state index contributed by atoms with van der Waals surface area (Å²) in [6, 6.07) is 0.363. The summed E-state index contributed by atoms with van der Waals surface area (Å²) >= 11 is 3.35. The van der Waals surface area contributed by atoms with Gasteiger partial charge < -0.3 is 31.2 Å². The molecule has 0 spiro atoms. The van der Waals surface area contributed by atoms with Crippen LogP contribution in [0.15, 0.2) is 39.1 Å². The monoisotopic (exact) mass is 706 g/mol. The van der Waals surface area contributed by atoms with Crippen molar-refractivity contribution in [3.63, 3.8) is 0 Å². The first-order valence-corrected chi connectivity index (χ1v) is 16.2. The number of nitrogen functional groups attached to an aromatic ring is 1. The Morgan fingerprint density at radius 2 is 1.98 bits per heavy atom. The Kier molecular flexibility index (Phi) is 9.40. The minimum Gasteiger partial charge on any atom is -0.477 e. The molecule has 0 radical (unpaired) electrons. The molecule has 3 aromatic rings. The third kappa shape index (κ3) is 6.44. The lowest BCUT2D eigenvalue weighted by Gasteiger charge is -2.49. The van der Waals surface area contributed by atoms with Gasteiger partial charge in [-0.3, -0.25) is 24.7 Å². The number of carbonyl (C=O) groups is 5. The van der Waals surface area contributed by atoms with Crippen LogP contribution in [0.5, 0.6) is 0 Å². The van der Waals surface area contributed by atoms with Gasteiger partial charge in [0.15, 0.2) is 16.5 Å². The average molecular weight is 707 g/mol. The number of thioether (sulfide) groups is 2. The molecule has 3 amide bonds. The maximum Gasteiger partial charge on any atom is 0.352 e. The SMILES string of the molecule is CC(C)(ON=C(C(=O)NC1C(=O)N2C(C(=O)O)=C(CSc3cc(CO)nc4c(C(=O)O)cnn34)CS[C@@H]12)c1csc(N)n1)C(=O)NN. The zero-order chi connectivity index (χ0) is 34.2. The molecule has 2 aliphatic heterocycles. The molecule has 0 saturated carbocycles. The van der Waals surface area contributed by atoms with Gasteiger partial charge in [-0.15, -0.1) is 34.9 Å². The number of hydrazine groups is 1. The molecule has 0 aromatic carbocycles. The predicted molar refractivity (Wildman–Crippen MR) is 167 cm³/mol. The van der Waals surface area contributed by atoms with E-state index >= 15 is 0 Å². The number of amides is 3. The van der Waals surface area contributed by atoms with E-state index in [0.717, 1.165) is 34.2 Å². The number of anilines is 1. The first-order valence-electron chi connectivity index (χ1n) is 13.3. The van der Waals surface area contributed by atoms with Gasteiger partial charge in [0, 0.05) is 16.9 Å².